The molecule has 0 atom stereocenters. The fourth-order valence-corrected chi connectivity index (χ4v) is 4.78. The summed E-state index contributed by atoms with van der Waals surface area (Å²) in [7, 11) is 0. The maximum atomic E-state index is 15.3. The highest BCUT2D eigenvalue weighted by atomic mass is 19.3. The molecule has 0 radical (unpaired) electrons. The standard InChI is InChI=1S/C29H26F8O/c1-3-5-6-8-17-9-10-18(26(32)25(17)31)15-38-21-14-13-20-19-12-11-16(7-4-2)24(30)22(19)28(34,35)29(36,37)23(20)27(21)33/h9-14H,3-8,15H2,1-2H3. The Labute approximate surface area is 215 Å². The van der Waals surface area contributed by atoms with Gasteiger partial charge in [-0.2, -0.15) is 17.6 Å². The third-order valence-electron chi connectivity index (χ3n) is 6.84. The number of hydrogen-bond donors (Lipinski definition) is 0. The summed E-state index contributed by atoms with van der Waals surface area (Å²) in [6, 6.07) is 6.75. The monoisotopic (exact) mass is 542 g/mol. The molecule has 9 heteroatoms. The summed E-state index contributed by atoms with van der Waals surface area (Å²) in [5.41, 5.74) is -4.56. The van der Waals surface area contributed by atoms with Crippen LogP contribution in [-0.2, 0) is 31.3 Å². The van der Waals surface area contributed by atoms with Crippen molar-refractivity contribution in [2.45, 2.75) is 70.8 Å². The van der Waals surface area contributed by atoms with Gasteiger partial charge >= 0.3 is 11.8 Å². The maximum absolute atomic E-state index is 15.3. The van der Waals surface area contributed by atoms with Crippen molar-refractivity contribution in [3.05, 3.63) is 87.5 Å². The molecule has 0 saturated heterocycles. The molecular weight excluding hydrogens is 516 g/mol. The van der Waals surface area contributed by atoms with Gasteiger partial charge in [-0.25, -0.2) is 17.6 Å². The van der Waals surface area contributed by atoms with Gasteiger partial charge in [-0.15, -0.1) is 0 Å². The lowest BCUT2D eigenvalue weighted by molar-refractivity contribution is -0.228. The Kier molecular flexibility index (Phi) is 7.77. The third kappa shape index (κ3) is 4.54. The van der Waals surface area contributed by atoms with Gasteiger partial charge in [0.05, 0.1) is 11.1 Å². The van der Waals surface area contributed by atoms with Crippen LogP contribution in [0.25, 0.3) is 11.1 Å². The Hall–Kier alpha value is -3.10. The first kappa shape index (κ1) is 27.9. The van der Waals surface area contributed by atoms with E-state index in [0.29, 0.717) is 19.3 Å². The Bertz CT molecular complexity index is 1350. The van der Waals surface area contributed by atoms with Crippen LogP contribution in [0.4, 0.5) is 35.1 Å². The summed E-state index contributed by atoms with van der Waals surface area (Å²) in [6.45, 7) is 2.91. The van der Waals surface area contributed by atoms with Gasteiger partial charge in [-0.1, -0.05) is 57.4 Å². The first-order chi connectivity index (χ1) is 18.0. The number of halogens is 8. The summed E-state index contributed by atoms with van der Waals surface area (Å²) >= 11 is 0. The topological polar surface area (TPSA) is 9.23 Å². The van der Waals surface area contributed by atoms with Crippen LogP contribution in [0.3, 0.4) is 0 Å². The molecule has 3 aromatic carbocycles. The molecule has 0 N–H and O–H groups in total. The lowest BCUT2D eigenvalue weighted by atomic mass is 9.79. The zero-order valence-electron chi connectivity index (χ0n) is 20.8. The Morgan fingerprint density at radius 1 is 0.579 bits per heavy atom. The smallest absolute Gasteiger partial charge is 0.343 e. The molecule has 0 spiro atoms. The third-order valence-corrected chi connectivity index (χ3v) is 6.84. The molecule has 0 aromatic heterocycles. The fraction of sp³-hybridized carbons (Fsp3) is 0.379. The van der Waals surface area contributed by atoms with Crippen LogP contribution in [0.5, 0.6) is 5.75 Å². The average Bonchev–Trinajstić information content (AvgIpc) is 2.86. The molecule has 1 nitrogen and oxygen atoms in total. The predicted molar refractivity (Wildman–Crippen MR) is 127 cm³/mol. The van der Waals surface area contributed by atoms with E-state index in [-0.39, 0.29) is 23.1 Å². The minimum absolute atomic E-state index is 0.0611. The fourth-order valence-electron chi connectivity index (χ4n) is 4.78. The van der Waals surface area contributed by atoms with Gasteiger partial charge in [0.15, 0.2) is 23.2 Å². The van der Waals surface area contributed by atoms with Gasteiger partial charge in [0.1, 0.15) is 12.4 Å². The number of fused-ring (bicyclic) bond motifs is 3. The van der Waals surface area contributed by atoms with Crippen molar-refractivity contribution >= 4 is 0 Å². The van der Waals surface area contributed by atoms with Crippen LogP contribution in [0.1, 0.15) is 67.3 Å². The number of unbranched alkanes of at least 4 members (excludes halogenated alkanes) is 2. The number of benzene rings is 3. The molecule has 38 heavy (non-hydrogen) atoms. The zero-order chi connectivity index (χ0) is 27.8. The van der Waals surface area contributed by atoms with E-state index in [1.165, 1.54) is 18.2 Å². The number of alkyl halides is 4. The second-order valence-corrected chi connectivity index (χ2v) is 9.42. The molecule has 3 aromatic rings. The van der Waals surface area contributed by atoms with E-state index in [1.807, 2.05) is 6.92 Å². The SMILES string of the molecule is CCCCCc1ccc(COc2ccc3c(c2F)C(F)(F)C(F)(F)c2c-3ccc(CCC)c2F)c(F)c1F. The second kappa shape index (κ2) is 10.6. The normalized spacial score (nSPS) is 15.2. The minimum Gasteiger partial charge on any atom is -0.486 e. The molecule has 0 saturated carbocycles. The van der Waals surface area contributed by atoms with Gasteiger partial charge in [0.25, 0.3) is 0 Å². The van der Waals surface area contributed by atoms with Gasteiger partial charge in [0, 0.05) is 5.56 Å². The van der Waals surface area contributed by atoms with Crippen molar-refractivity contribution in [2.75, 3.05) is 0 Å². The summed E-state index contributed by atoms with van der Waals surface area (Å²) in [4.78, 5) is 0. The second-order valence-electron chi connectivity index (χ2n) is 9.42. The molecule has 0 heterocycles. The van der Waals surface area contributed by atoms with Crippen LogP contribution in [0.15, 0.2) is 36.4 Å². The van der Waals surface area contributed by atoms with E-state index in [4.69, 9.17) is 4.74 Å². The van der Waals surface area contributed by atoms with E-state index in [0.717, 1.165) is 31.0 Å². The summed E-state index contributed by atoms with van der Waals surface area (Å²) in [6.07, 6.45) is 3.18. The van der Waals surface area contributed by atoms with Crippen LogP contribution in [-0.4, -0.2) is 0 Å². The number of aryl methyl sites for hydroxylation is 2. The molecule has 0 unspecified atom stereocenters. The Morgan fingerprint density at radius 2 is 1.11 bits per heavy atom. The Morgan fingerprint density at radius 3 is 1.74 bits per heavy atom. The maximum Gasteiger partial charge on any atom is 0.343 e. The van der Waals surface area contributed by atoms with Crippen LogP contribution in [0.2, 0.25) is 0 Å². The molecule has 0 fully saturated rings. The van der Waals surface area contributed by atoms with Gasteiger partial charge in [0.2, 0.25) is 0 Å². The van der Waals surface area contributed by atoms with Gasteiger partial charge in [-0.05, 0) is 53.6 Å². The molecule has 4 rings (SSSR count). The summed E-state index contributed by atoms with van der Waals surface area (Å²) in [5, 5.41) is 0. The largest absolute Gasteiger partial charge is 0.486 e. The van der Waals surface area contributed by atoms with E-state index in [9.17, 15) is 13.2 Å². The first-order valence-electron chi connectivity index (χ1n) is 12.5. The predicted octanol–water partition coefficient (Wildman–Crippen LogP) is 9.37. The van der Waals surface area contributed by atoms with Crippen molar-refractivity contribution < 1.29 is 39.9 Å². The van der Waals surface area contributed by atoms with E-state index in [2.05, 4.69) is 0 Å². The average molecular weight is 543 g/mol. The quantitative estimate of drug-likeness (QED) is 0.193. The molecular formula is C29H26F8O. The molecule has 0 bridgehead atoms. The molecule has 1 aliphatic carbocycles. The van der Waals surface area contributed by atoms with E-state index >= 15 is 22.0 Å². The summed E-state index contributed by atoms with van der Waals surface area (Å²) in [5.74, 6) is -16.5. The van der Waals surface area contributed by atoms with Crippen molar-refractivity contribution in [1.29, 1.82) is 0 Å². The highest BCUT2D eigenvalue weighted by Gasteiger charge is 2.65. The molecule has 0 amide bonds. The highest BCUT2D eigenvalue weighted by Crippen LogP contribution is 2.60. The molecule has 1 aliphatic rings. The van der Waals surface area contributed by atoms with E-state index in [1.54, 1.807) is 6.92 Å². The minimum atomic E-state index is -5.11. The van der Waals surface area contributed by atoms with Crippen LogP contribution >= 0.6 is 0 Å². The van der Waals surface area contributed by atoms with Gasteiger partial charge < -0.3 is 4.74 Å². The number of hydrogen-bond acceptors (Lipinski definition) is 1. The van der Waals surface area contributed by atoms with Crippen LogP contribution < -0.4 is 4.74 Å². The van der Waals surface area contributed by atoms with Gasteiger partial charge in [-0.3, -0.25) is 0 Å². The van der Waals surface area contributed by atoms with Crippen molar-refractivity contribution in [3.63, 3.8) is 0 Å². The molecule has 0 aliphatic heterocycles. The highest BCUT2D eigenvalue weighted by molar-refractivity contribution is 5.77. The number of ether oxygens (including phenoxy) is 1. The van der Waals surface area contributed by atoms with Crippen molar-refractivity contribution in [1.82, 2.24) is 0 Å². The first-order valence-corrected chi connectivity index (χ1v) is 12.5. The lowest BCUT2D eigenvalue weighted by Gasteiger charge is -2.35. The van der Waals surface area contributed by atoms with Crippen molar-refractivity contribution in [3.8, 4) is 16.9 Å². The van der Waals surface area contributed by atoms with Crippen molar-refractivity contribution in [2.24, 2.45) is 0 Å². The van der Waals surface area contributed by atoms with Crippen LogP contribution in [0, 0.1) is 23.3 Å². The van der Waals surface area contributed by atoms with E-state index < -0.39 is 69.7 Å². The zero-order valence-corrected chi connectivity index (χ0v) is 20.8. The summed E-state index contributed by atoms with van der Waals surface area (Å²) < 4.78 is 125. The Balaban J connectivity index is 1.70. The molecule has 204 valence electrons. The number of rotatable bonds is 9. The lowest BCUT2D eigenvalue weighted by Crippen LogP contribution is -2.41.